The second-order valence-corrected chi connectivity index (χ2v) is 8.16. The lowest BCUT2D eigenvalue weighted by molar-refractivity contribution is -0.115. The number of carbonyl (C=O) groups excluding carboxylic acids is 1. The van der Waals surface area contributed by atoms with Crippen LogP contribution in [0.1, 0.15) is 54.4 Å². The summed E-state index contributed by atoms with van der Waals surface area (Å²) in [5, 5.41) is 16.3. The van der Waals surface area contributed by atoms with Gasteiger partial charge in [0.15, 0.2) is 5.13 Å². The van der Waals surface area contributed by atoms with Crippen LogP contribution in [0.2, 0.25) is 0 Å². The maximum Gasteiger partial charge on any atom is 0.285 e. The molecule has 0 unspecified atom stereocenters. The van der Waals surface area contributed by atoms with Gasteiger partial charge in [-0.05, 0) is 55.5 Å². The molecule has 0 spiro atoms. The van der Waals surface area contributed by atoms with E-state index in [9.17, 15) is 14.9 Å². The number of nitriles is 1. The molecule has 3 rings (SSSR count). The van der Waals surface area contributed by atoms with Crippen molar-refractivity contribution in [2.75, 3.05) is 4.90 Å². The van der Waals surface area contributed by atoms with Crippen LogP contribution in [0.25, 0.3) is 0 Å². The minimum atomic E-state index is -0.413. The number of benzene rings is 1. The van der Waals surface area contributed by atoms with Crippen LogP contribution >= 0.6 is 11.3 Å². The van der Waals surface area contributed by atoms with Crippen molar-refractivity contribution in [2.24, 2.45) is 0 Å². The van der Waals surface area contributed by atoms with Crippen molar-refractivity contribution in [1.29, 1.82) is 5.26 Å². The molecule has 1 amide bonds. The summed E-state index contributed by atoms with van der Waals surface area (Å²) < 4.78 is 1.30. The molecule has 0 aliphatic rings. The van der Waals surface area contributed by atoms with Crippen LogP contribution in [0, 0.1) is 25.2 Å². The van der Waals surface area contributed by atoms with Gasteiger partial charge in [-0.3, -0.25) is 14.5 Å². The van der Waals surface area contributed by atoms with E-state index in [2.05, 4.69) is 10.1 Å². The summed E-state index contributed by atoms with van der Waals surface area (Å²) in [4.78, 5) is 31.3. The molecule has 2 aromatic heterocycles. The summed E-state index contributed by atoms with van der Waals surface area (Å²) in [6.07, 6.45) is 1.21. The smallest absolute Gasteiger partial charge is 0.274 e. The molecule has 3 aromatic rings. The third-order valence-electron chi connectivity index (χ3n) is 5.25. The Morgan fingerprint density at radius 3 is 2.55 bits per heavy atom. The molecule has 8 heteroatoms. The maximum atomic E-state index is 12.8. The van der Waals surface area contributed by atoms with Gasteiger partial charge in [-0.1, -0.05) is 19.9 Å². The monoisotopic (exact) mass is 435 g/mol. The van der Waals surface area contributed by atoms with E-state index in [0.29, 0.717) is 29.2 Å². The zero-order valence-corrected chi connectivity index (χ0v) is 19.2. The van der Waals surface area contributed by atoms with E-state index in [1.54, 1.807) is 4.90 Å². The molecule has 0 aliphatic heterocycles. The lowest BCUT2D eigenvalue weighted by Crippen LogP contribution is -2.29. The highest BCUT2D eigenvalue weighted by Crippen LogP contribution is 2.30. The number of nitrogens with zero attached hydrogens (tertiary/aromatic N) is 5. The number of carbonyl (C=O) groups is 1. The van der Waals surface area contributed by atoms with E-state index in [1.807, 2.05) is 57.3 Å². The molecule has 0 bridgehead atoms. The highest BCUT2D eigenvalue weighted by atomic mass is 32.1. The Balaban J connectivity index is 1.99. The SMILES string of the molecule is CCc1nn(Cc2csc(N(C(C)=O)c3ccc(C)c(C)c3)n2)c(=O)c(C#N)c1CC. The van der Waals surface area contributed by atoms with Crippen LogP contribution in [0.5, 0.6) is 0 Å². The average molecular weight is 436 g/mol. The second-order valence-electron chi connectivity index (χ2n) is 7.33. The van der Waals surface area contributed by atoms with Crippen LogP contribution < -0.4 is 10.5 Å². The summed E-state index contributed by atoms with van der Waals surface area (Å²) in [5.74, 6) is -0.147. The zero-order valence-electron chi connectivity index (χ0n) is 18.4. The van der Waals surface area contributed by atoms with E-state index >= 15 is 0 Å². The highest BCUT2D eigenvalue weighted by molar-refractivity contribution is 7.14. The van der Waals surface area contributed by atoms with Gasteiger partial charge in [0, 0.05) is 12.3 Å². The number of aromatic nitrogens is 3. The summed E-state index contributed by atoms with van der Waals surface area (Å²) in [6, 6.07) is 7.87. The molecular formula is C23H25N5O2S. The molecule has 0 atom stereocenters. The van der Waals surface area contributed by atoms with Gasteiger partial charge in [0.1, 0.15) is 11.6 Å². The molecule has 31 heavy (non-hydrogen) atoms. The van der Waals surface area contributed by atoms with Gasteiger partial charge in [0.2, 0.25) is 5.91 Å². The minimum absolute atomic E-state index is 0.139. The van der Waals surface area contributed by atoms with Crippen molar-refractivity contribution in [3.63, 3.8) is 0 Å². The Labute approximate surface area is 185 Å². The molecule has 0 saturated heterocycles. The fourth-order valence-corrected chi connectivity index (χ4v) is 4.34. The number of hydrogen-bond donors (Lipinski definition) is 0. The first-order valence-electron chi connectivity index (χ1n) is 10.2. The lowest BCUT2D eigenvalue weighted by Gasteiger charge is -2.19. The number of amides is 1. The number of aryl methyl sites for hydroxylation is 3. The van der Waals surface area contributed by atoms with Crippen LogP contribution in [-0.4, -0.2) is 20.7 Å². The van der Waals surface area contributed by atoms with Gasteiger partial charge in [0.05, 0.1) is 23.6 Å². The summed E-state index contributed by atoms with van der Waals surface area (Å²) >= 11 is 1.33. The molecular weight excluding hydrogens is 410 g/mol. The third kappa shape index (κ3) is 4.42. The standard InChI is InChI=1S/C23H25N5O2S/c1-6-19-20(11-24)22(30)27(26-21(19)7-2)12-17-13-31-23(25-17)28(16(5)29)18-9-8-14(3)15(4)10-18/h8-10,13H,6-7,12H2,1-5H3. The van der Waals surface area contributed by atoms with Gasteiger partial charge in [0.25, 0.3) is 5.56 Å². The number of rotatable bonds is 6. The van der Waals surface area contributed by atoms with Gasteiger partial charge < -0.3 is 0 Å². The zero-order chi connectivity index (χ0) is 22.7. The Morgan fingerprint density at radius 2 is 1.97 bits per heavy atom. The lowest BCUT2D eigenvalue weighted by atomic mass is 10.0. The molecule has 7 nitrogen and oxygen atoms in total. The molecule has 1 aromatic carbocycles. The average Bonchev–Trinajstić information content (AvgIpc) is 3.19. The van der Waals surface area contributed by atoms with Gasteiger partial charge in [-0.25, -0.2) is 9.67 Å². The number of thiazole rings is 1. The maximum absolute atomic E-state index is 12.8. The summed E-state index contributed by atoms with van der Waals surface area (Å²) in [6.45, 7) is 9.52. The van der Waals surface area contributed by atoms with E-state index in [1.165, 1.54) is 22.9 Å². The Kier molecular flexibility index (Phi) is 6.66. The largest absolute Gasteiger partial charge is 0.285 e. The van der Waals surface area contributed by atoms with E-state index < -0.39 is 5.56 Å². The summed E-state index contributed by atoms with van der Waals surface area (Å²) in [5.41, 5.74) is 4.78. The molecule has 0 radical (unpaired) electrons. The van der Waals surface area contributed by atoms with E-state index in [0.717, 1.165) is 22.5 Å². The van der Waals surface area contributed by atoms with Crippen LogP contribution in [-0.2, 0) is 24.2 Å². The van der Waals surface area contributed by atoms with Gasteiger partial charge in [-0.15, -0.1) is 11.3 Å². The van der Waals surface area contributed by atoms with Crippen molar-refractivity contribution in [3.8, 4) is 6.07 Å². The van der Waals surface area contributed by atoms with Crippen molar-refractivity contribution >= 4 is 28.1 Å². The van der Waals surface area contributed by atoms with Crippen LogP contribution in [0.3, 0.4) is 0 Å². The fourth-order valence-electron chi connectivity index (χ4n) is 3.46. The predicted molar refractivity (Wildman–Crippen MR) is 122 cm³/mol. The summed E-state index contributed by atoms with van der Waals surface area (Å²) in [7, 11) is 0. The van der Waals surface area contributed by atoms with Crippen molar-refractivity contribution in [2.45, 2.75) is 54.0 Å². The molecule has 2 heterocycles. The first-order valence-corrected chi connectivity index (χ1v) is 11.0. The topological polar surface area (TPSA) is 91.9 Å². The molecule has 0 aliphatic carbocycles. The van der Waals surface area contributed by atoms with Crippen LogP contribution in [0.15, 0.2) is 28.4 Å². The first-order chi connectivity index (χ1) is 14.8. The first kappa shape index (κ1) is 22.4. The van der Waals surface area contributed by atoms with Crippen molar-refractivity contribution < 1.29 is 4.79 Å². The second kappa shape index (κ2) is 9.23. The molecule has 0 saturated carbocycles. The molecule has 160 valence electrons. The Morgan fingerprint density at radius 1 is 1.23 bits per heavy atom. The minimum Gasteiger partial charge on any atom is -0.274 e. The third-order valence-corrected chi connectivity index (χ3v) is 6.12. The normalized spacial score (nSPS) is 10.7. The van der Waals surface area contributed by atoms with Crippen LogP contribution in [0.4, 0.5) is 10.8 Å². The molecule has 0 fully saturated rings. The Hall–Kier alpha value is -3.31. The fraction of sp³-hybridized carbons (Fsp3) is 0.348. The molecule has 0 N–H and O–H groups in total. The quantitative estimate of drug-likeness (QED) is 0.582. The van der Waals surface area contributed by atoms with E-state index in [-0.39, 0.29) is 18.0 Å². The van der Waals surface area contributed by atoms with Gasteiger partial charge in [-0.2, -0.15) is 10.4 Å². The van der Waals surface area contributed by atoms with Gasteiger partial charge >= 0.3 is 0 Å². The van der Waals surface area contributed by atoms with Crippen molar-refractivity contribution in [1.82, 2.24) is 14.8 Å². The predicted octanol–water partition coefficient (Wildman–Crippen LogP) is 4.05. The van der Waals surface area contributed by atoms with Crippen molar-refractivity contribution in [3.05, 3.63) is 67.6 Å². The van der Waals surface area contributed by atoms with E-state index in [4.69, 9.17) is 0 Å². The number of hydrogen-bond acceptors (Lipinski definition) is 6. The highest BCUT2D eigenvalue weighted by Gasteiger charge is 2.20. The Bertz CT molecular complexity index is 1240. The number of anilines is 2.